The van der Waals surface area contributed by atoms with Crippen LogP contribution in [0.3, 0.4) is 0 Å². The Kier molecular flexibility index (Phi) is 9.91. The number of nitrogens with zero attached hydrogens (tertiary/aromatic N) is 4. The molecule has 46 heavy (non-hydrogen) atoms. The molecular weight excluding hydrogens is 648 g/mol. The van der Waals surface area contributed by atoms with E-state index in [-0.39, 0.29) is 35.4 Å². The fraction of sp³-hybridized carbons (Fsp3) is 0.486. The number of imide groups is 1. The number of carbonyl (C=O) groups is 2. The van der Waals surface area contributed by atoms with Crippen LogP contribution in [0.2, 0.25) is 0 Å². The average Bonchev–Trinajstić information content (AvgIpc) is 3.03. The molecule has 0 aliphatic carbocycles. The zero-order chi connectivity index (χ0) is 32.4. The van der Waals surface area contributed by atoms with E-state index in [1.165, 1.54) is 15.8 Å². The zero-order valence-electron chi connectivity index (χ0n) is 26.8. The van der Waals surface area contributed by atoms with Crippen molar-refractivity contribution in [1.82, 2.24) is 24.9 Å². The second-order valence-corrected chi connectivity index (χ2v) is 13.9. The van der Waals surface area contributed by atoms with Gasteiger partial charge in [-0.25, -0.2) is 4.68 Å². The average molecular weight is 692 g/mol. The number of hydrogen-bond acceptors (Lipinski definition) is 8. The summed E-state index contributed by atoms with van der Waals surface area (Å²) >= 11 is 3.44. The summed E-state index contributed by atoms with van der Waals surface area (Å²) in [6.07, 6.45) is 5.73. The van der Waals surface area contributed by atoms with E-state index in [9.17, 15) is 14.4 Å². The molecule has 3 aliphatic heterocycles. The Morgan fingerprint density at radius 1 is 1.02 bits per heavy atom. The molecule has 0 saturated carbocycles. The van der Waals surface area contributed by atoms with Crippen molar-refractivity contribution >= 4 is 33.4 Å². The monoisotopic (exact) mass is 690 g/mol. The molecule has 0 radical (unpaired) electrons. The summed E-state index contributed by atoms with van der Waals surface area (Å²) in [5, 5.41) is 10.2. The number of rotatable bonds is 8. The Hall–Kier alpha value is -3.54. The highest BCUT2D eigenvalue weighted by atomic mass is 79.9. The lowest BCUT2D eigenvalue weighted by Gasteiger charge is -2.37. The first-order valence-electron chi connectivity index (χ1n) is 16.2. The number of aryl methyl sites for hydroxylation is 2. The molecule has 0 bridgehead atoms. The van der Waals surface area contributed by atoms with Crippen molar-refractivity contribution in [3.05, 3.63) is 85.7 Å². The zero-order valence-corrected chi connectivity index (χ0v) is 28.4. The van der Waals surface area contributed by atoms with Crippen LogP contribution in [0, 0.1) is 6.92 Å². The van der Waals surface area contributed by atoms with Crippen LogP contribution in [0.4, 0.5) is 5.69 Å². The van der Waals surface area contributed by atoms with Gasteiger partial charge in [0.25, 0.3) is 5.56 Å². The minimum atomic E-state index is -0.278. The number of amides is 2. The number of likely N-dealkylation sites (tertiary alicyclic amines) is 2. The molecule has 3 aliphatic rings. The Labute approximate surface area is 278 Å². The third-order valence-corrected chi connectivity index (χ3v) is 10.4. The summed E-state index contributed by atoms with van der Waals surface area (Å²) in [5.74, 6) is 0.566. The largest absolute Gasteiger partial charge is 0.490 e. The summed E-state index contributed by atoms with van der Waals surface area (Å²) in [6, 6.07) is 15.3. The van der Waals surface area contributed by atoms with Gasteiger partial charge in [-0.1, -0.05) is 30.3 Å². The molecule has 6 rings (SSSR count). The number of aromatic nitrogens is 2. The molecule has 2 amide bonds. The molecule has 2 aromatic carbocycles. The quantitative estimate of drug-likeness (QED) is 0.337. The second kappa shape index (κ2) is 14.1. The maximum absolute atomic E-state index is 12.3. The number of nitrogens with one attached hydrogen (secondary N) is 2. The van der Waals surface area contributed by atoms with Crippen LogP contribution < -0.4 is 20.9 Å². The summed E-state index contributed by atoms with van der Waals surface area (Å²) in [7, 11) is 3.80. The second-order valence-electron chi connectivity index (χ2n) is 13.2. The van der Waals surface area contributed by atoms with E-state index in [1.807, 2.05) is 25.1 Å². The number of benzene rings is 2. The number of piperidine rings is 3. The molecular formula is C35H43BrN6O4. The van der Waals surface area contributed by atoms with Gasteiger partial charge in [0.15, 0.2) is 0 Å². The van der Waals surface area contributed by atoms with E-state index in [2.05, 4.69) is 72.8 Å². The standard InChI is InChI=1S/C35H43BrN6O4/c1-22-16-28(8-9-29(22)30-10-11-32(43)39-34(30)44)46-27-12-14-42(15-13-27)19-23-4-6-24(7-5-23)25-17-26(21-40(2)20-25)38-31-18-37-41(3)35(45)33(31)36/h4-9,16,18,25-27,30,38H,10-15,17,19-21H2,1-3H3,(H,39,43,44). The van der Waals surface area contributed by atoms with Gasteiger partial charge < -0.3 is 15.0 Å². The minimum absolute atomic E-state index is 0.147. The maximum atomic E-state index is 12.3. The van der Waals surface area contributed by atoms with Crippen LogP contribution in [0.5, 0.6) is 5.75 Å². The Bertz CT molecular complexity index is 1630. The van der Waals surface area contributed by atoms with E-state index in [0.29, 0.717) is 23.2 Å². The van der Waals surface area contributed by atoms with Crippen LogP contribution in [0.15, 0.2) is 57.9 Å². The molecule has 2 N–H and O–H groups in total. The number of carbonyl (C=O) groups excluding carboxylic acids is 2. The van der Waals surface area contributed by atoms with Crippen molar-refractivity contribution in [2.75, 3.05) is 38.5 Å². The minimum Gasteiger partial charge on any atom is -0.490 e. The third kappa shape index (κ3) is 7.53. The topological polar surface area (TPSA) is 109 Å². The Morgan fingerprint density at radius 3 is 2.50 bits per heavy atom. The van der Waals surface area contributed by atoms with Crippen LogP contribution in [0.1, 0.15) is 66.2 Å². The Balaban J connectivity index is 0.986. The van der Waals surface area contributed by atoms with Gasteiger partial charge in [0.05, 0.1) is 17.8 Å². The van der Waals surface area contributed by atoms with Gasteiger partial charge in [0, 0.05) is 52.2 Å². The van der Waals surface area contributed by atoms with Crippen molar-refractivity contribution in [2.24, 2.45) is 7.05 Å². The number of halogens is 1. The van der Waals surface area contributed by atoms with E-state index in [1.54, 1.807) is 13.2 Å². The van der Waals surface area contributed by atoms with Crippen LogP contribution in [0.25, 0.3) is 0 Å². The Morgan fingerprint density at radius 2 is 1.78 bits per heavy atom. The first kappa shape index (κ1) is 32.4. The molecule has 3 saturated heterocycles. The van der Waals surface area contributed by atoms with Gasteiger partial charge in [-0.2, -0.15) is 5.10 Å². The van der Waals surface area contributed by atoms with Crippen molar-refractivity contribution in [3.63, 3.8) is 0 Å². The first-order chi connectivity index (χ1) is 22.1. The number of anilines is 1. The molecule has 10 nitrogen and oxygen atoms in total. The van der Waals surface area contributed by atoms with E-state index < -0.39 is 0 Å². The van der Waals surface area contributed by atoms with Crippen molar-refractivity contribution in [3.8, 4) is 5.75 Å². The highest BCUT2D eigenvalue weighted by Crippen LogP contribution is 2.32. The molecule has 3 aromatic rings. The summed E-state index contributed by atoms with van der Waals surface area (Å²) in [6.45, 7) is 6.80. The number of likely N-dealkylation sites (N-methyl/N-ethyl adjacent to an activating group) is 1. The van der Waals surface area contributed by atoms with E-state index in [0.717, 1.165) is 74.6 Å². The molecule has 3 atom stereocenters. The first-order valence-corrected chi connectivity index (χ1v) is 17.0. The van der Waals surface area contributed by atoms with Gasteiger partial charge in [0.2, 0.25) is 11.8 Å². The lowest BCUT2D eigenvalue weighted by Crippen LogP contribution is -2.43. The summed E-state index contributed by atoms with van der Waals surface area (Å²) in [5.41, 5.74) is 5.24. The number of hydrogen-bond donors (Lipinski definition) is 2. The fourth-order valence-electron chi connectivity index (χ4n) is 7.13. The number of ether oxygens (including phenoxy) is 1. The molecule has 4 heterocycles. The maximum Gasteiger partial charge on any atom is 0.282 e. The van der Waals surface area contributed by atoms with Gasteiger partial charge in [-0.15, -0.1) is 0 Å². The van der Waals surface area contributed by atoms with Crippen molar-refractivity contribution in [1.29, 1.82) is 0 Å². The summed E-state index contributed by atoms with van der Waals surface area (Å²) in [4.78, 5) is 41.0. The normalized spacial score (nSPS) is 23.3. The van der Waals surface area contributed by atoms with Gasteiger partial charge >= 0.3 is 0 Å². The van der Waals surface area contributed by atoms with Gasteiger partial charge in [0.1, 0.15) is 16.3 Å². The predicted octanol–water partition coefficient (Wildman–Crippen LogP) is 4.31. The SMILES string of the molecule is Cc1cc(OC2CCN(Cc3ccc(C4CC(Nc5cnn(C)c(=O)c5Br)CN(C)C4)cc3)CC2)ccc1C1CCC(=O)NC1=O. The molecule has 3 fully saturated rings. The smallest absolute Gasteiger partial charge is 0.282 e. The molecule has 0 spiro atoms. The highest BCUT2D eigenvalue weighted by molar-refractivity contribution is 9.10. The molecule has 11 heteroatoms. The van der Waals surface area contributed by atoms with E-state index >= 15 is 0 Å². The predicted molar refractivity (Wildman–Crippen MR) is 181 cm³/mol. The lowest BCUT2D eigenvalue weighted by molar-refractivity contribution is -0.134. The molecule has 3 unspecified atom stereocenters. The highest BCUT2D eigenvalue weighted by Gasteiger charge is 2.30. The van der Waals surface area contributed by atoms with Crippen molar-refractivity contribution < 1.29 is 14.3 Å². The van der Waals surface area contributed by atoms with Crippen LogP contribution in [-0.2, 0) is 23.2 Å². The fourth-order valence-corrected chi connectivity index (χ4v) is 7.60. The van der Waals surface area contributed by atoms with Gasteiger partial charge in [-0.3, -0.25) is 24.6 Å². The van der Waals surface area contributed by atoms with Crippen molar-refractivity contribution in [2.45, 2.75) is 69.6 Å². The van der Waals surface area contributed by atoms with Crippen LogP contribution >= 0.6 is 15.9 Å². The lowest BCUT2D eigenvalue weighted by atomic mass is 9.87. The molecule has 1 aromatic heterocycles. The third-order valence-electron chi connectivity index (χ3n) is 9.62. The van der Waals surface area contributed by atoms with Crippen LogP contribution in [-0.4, -0.2) is 76.8 Å². The van der Waals surface area contributed by atoms with E-state index in [4.69, 9.17) is 4.74 Å². The van der Waals surface area contributed by atoms with Gasteiger partial charge in [-0.05, 0) is 95.9 Å². The summed E-state index contributed by atoms with van der Waals surface area (Å²) < 4.78 is 8.21. The molecule has 244 valence electrons.